The first-order valence-corrected chi connectivity index (χ1v) is 10.4. The maximum Gasteiger partial charge on any atom is 0.250 e. The van der Waals surface area contributed by atoms with Crippen LogP contribution >= 0.6 is 47.1 Å². The summed E-state index contributed by atoms with van der Waals surface area (Å²) in [6, 6.07) is 3.31. The van der Waals surface area contributed by atoms with Crippen LogP contribution in [0.3, 0.4) is 0 Å². The van der Waals surface area contributed by atoms with Crippen molar-refractivity contribution in [3.8, 4) is 0 Å². The maximum atomic E-state index is 11.9. The topological polar surface area (TPSA) is 82.6 Å². The smallest absolute Gasteiger partial charge is 0.250 e. The fraction of sp³-hybridized carbons (Fsp3) is 0.615. The molecule has 1 heterocycles. The molecule has 0 amide bonds. The quantitative estimate of drug-likeness (QED) is 0.224. The normalized spacial score (nSPS) is 12.6. The van der Waals surface area contributed by atoms with E-state index in [-0.39, 0.29) is 28.7 Å². The number of hydrogen-bond acceptors (Lipinski definition) is 5. The van der Waals surface area contributed by atoms with Gasteiger partial charge in [-0.25, -0.2) is 13.1 Å². The second-order valence-corrected chi connectivity index (χ2v) is 9.60. The number of nitrogens with zero attached hydrogens (tertiary/aromatic N) is 1. The van der Waals surface area contributed by atoms with Crippen molar-refractivity contribution in [2.45, 2.75) is 22.8 Å². The molecule has 0 radical (unpaired) electrons. The minimum atomic E-state index is -3.40. The molecule has 0 aliphatic heterocycles. The third kappa shape index (κ3) is 8.57. The summed E-state index contributed by atoms with van der Waals surface area (Å²) < 4.78 is 26.9. The van der Waals surface area contributed by atoms with Crippen LogP contribution in [-0.4, -0.2) is 52.1 Å². The number of rotatable bonds is 8. The molecule has 3 N–H and O–H groups in total. The van der Waals surface area contributed by atoms with E-state index in [9.17, 15) is 8.42 Å². The van der Waals surface area contributed by atoms with Gasteiger partial charge in [0.15, 0.2) is 5.96 Å². The van der Waals surface area contributed by atoms with Crippen LogP contribution in [0, 0.1) is 0 Å². The molecule has 0 saturated heterocycles. The fourth-order valence-electron chi connectivity index (χ4n) is 1.44. The van der Waals surface area contributed by atoms with E-state index in [1.54, 1.807) is 36.3 Å². The maximum absolute atomic E-state index is 11.9. The Labute approximate surface area is 164 Å². The molecule has 1 aromatic rings. The Kier molecular flexibility index (Phi) is 10.7. The minimum Gasteiger partial charge on any atom is -0.355 e. The first-order valence-electron chi connectivity index (χ1n) is 6.83. The molecule has 0 aromatic carbocycles. The molecule has 0 unspecified atom stereocenters. The van der Waals surface area contributed by atoms with Gasteiger partial charge in [0.1, 0.15) is 4.21 Å². The van der Waals surface area contributed by atoms with E-state index in [0.717, 1.165) is 6.54 Å². The lowest BCUT2D eigenvalue weighted by Gasteiger charge is -2.23. The molecule has 23 heavy (non-hydrogen) atoms. The second-order valence-electron chi connectivity index (χ2n) is 5.15. The van der Waals surface area contributed by atoms with Gasteiger partial charge in [-0.3, -0.25) is 4.99 Å². The van der Waals surface area contributed by atoms with Crippen molar-refractivity contribution in [3.05, 3.63) is 17.5 Å². The molecule has 0 aliphatic carbocycles. The van der Waals surface area contributed by atoms with Crippen molar-refractivity contribution in [1.82, 2.24) is 15.4 Å². The number of thiophene rings is 1. The standard InChI is InChI=1S/C13H24N4O2S3.HI/c1-13(2,20-4)10-16-12(14-3)15-7-8-17-22(18,19)11-6-5-9-21-11;/h5-6,9,17H,7-8,10H2,1-4H3,(H2,14,15,16);1H. The second kappa shape index (κ2) is 10.7. The average Bonchev–Trinajstić information content (AvgIpc) is 3.01. The molecule has 1 aromatic heterocycles. The summed E-state index contributed by atoms with van der Waals surface area (Å²) in [5.74, 6) is 0.664. The van der Waals surface area contributed by atoms with Gasteiger partial charge in [-0.05, 0) is 31.5 Å². The zero-order chi connectivity index (χ0) is 16.6. The van der Waals surface area contributed by atoms with Crippen LogP contribution < -0.4 is 15.4 Å². The highest BCUT2D eigenvalue weighted by molar-refractivity contribution is 14.0. The van der Waals surface area contributed by atoms with Crippen LogP contribution in [0.1, 0.15) is 13.8 Å². The van der Waals surface area contributed by atoms with Gasteiger partial charge in [-0.2, -0.15) is 11.8 Å². The van der Waals surface area contributed by atoms with Gasteiger partial charge >= 0.3 is 0 Å². The highest BCUT2D eigenvalue weighted by Gasteiger charge is 2.16. The number of halogens is 1. The zero-order valence-electron chi connectivity index (χ0n) is 13.8. The van der Waals surface area contributed by atoms with Crippen molar-refractivity contribution >= 4 is 63.1 Å². The Morgan fingerprint density at radius 2 is 2.04 bits per heavy atom. The molecule has 0 fully saturated rings. The van der Waals surface area contributed by atoms with Crippen molar-refractivity contribution in [2.24, 2.45) is 4.99 Å². The third-order valence-electron chi connectivity index (χ3n) is 2.93. The lowest BCUT2D eigenvalue weighted by Crippen LogP contribution is -2.45. The Morgan fingerprint density at radius 3 is 2.57 bits per heavy atom. The number of guanidine groups is 1. The molecule has 6 nitrogen and oxygen atoms in total. The minimum absolute atomic E-state index is 0. The zero-order valence-corrected chi connectivity index (χ0v) is 18.5. The predicted molar refractivity (Wildman–Crippen MR) is 112 cm³/mol. The summed E-state index contributed by atoms with van der Waals surface area (Å²) in [7, 11) is -1.70. The van der Waals surface area contributed by atoms with Crippen LogP contribution in [0.4, 0.5) is 0 Å². The highest BCUT2D eigenvalue weighted by Crippen LogP contribution is 2.19. The summed E-state index contributed by atoms with van der Waals surface area (Å²) in [4.78, 5) is 4.12. The van der Waals surface area contributed by atoms with E-state index in [0.29, 0.717) is 23.3 Å². The summed E-state index contributed by atoms with van der Waals surface area (Å²) in [5, 5.41) is 8.06. The SMILES string of the molecule is CN=C(NCCNS(=O)(=O)c1cccs1)NCC(C)(C)SC.I. The molecule has 0 atom stereocenters. The van der Waals surface area contributed by atoms with Gasteiger partial charge in [-0.15, -0.1) is 35.3 Å². The van der Waals surface area contributed by atoms with Crippen LogP contribution in [0.25, 0.3) is 0 Å². The number of aliphatic imine (C=N–C) groups is 1. The van der Waals surface area contributed by atoms with Gasteiger partial charge in [0.05, 0.1) is 0 Å². The van der Waals surface area contributed by atoms with E-state index in [2.05, 4.69) is 40.5 Å². The number of thioether (sulfide) groups is 1. The highest BCUT2D eigenvalue weighted by atomic mass is 127. The van der Waals surface area contributed by atoms with E-state index in [1.807, 2.05) is 0 Å². The number of nitrogens with one attached hydrogen (secondary N) is 3. The lowest BCUT2D eigenvalue weighted by molar-refractivity contribution is 0.582. The molecule has 0 saturated carbocycles. The third-order valence-corrected chi connectivity index (χ3v) is 7.04. The lowest BCUT2D eigenvalue weighted by atomic mass is 10.2. The molecule has 0 spiro atoms. The van der Waals surface area contributed by atoms with E-state index >= 15 is 0 Å². The molecule has 1 rings (SSSR count). The van der Waals surface area contributed by atoms with Gasteiger partial charge in [0.25, 0.3) is 0 Å². The molecule has 0 aliphatic rings. The number of sulfonamides is 1. The monoisotopic (exact) mass is 492 g/mol. The van der Waals surface area contributed by atoms with E-state index in [4.69, 9.17) is 0 Å². The molecule has 134 valence electrons. The van der Waals surface area contributed by atoms with Crippen molar-refractivity contribution in [2.75, 3.05) is 32.9 Å². The summed E-state index contributed by atoms with van der Waals surface area (Å²) in [6.07, 6.45) is 2.07. The Morgan fingerprint density at radius 1 is 1.35 bits per heavy atom. The van der Waals surface area contributed by atoms with Crippen molar-refractivity contribution in [3.63, 3.8) is 0 Å². The Balaban J connectivity index is 0.00000484. The Hall–Kier alpha value is -0.0400. The molecular weight excluding hydrogens is 467 g/mol. The first kappa shape index (κ1) is 23.0. The van der Waals surface area contributed by atoms with Gasteiger partial charge in [0.2, 0.25) is 10.0 Å². The first-order chi connectivity index (χ1) is 10.3. The van der Waals surface area contributed by atoms with Crippen molar-refractivity contribution < 1.29 is 8.42 Å². The molecule has 0 bridgehead atoms. The summed E-state index contributed by atoms with van der Waals surface area (Å²) >= 11 is 2.98. The van der Waals surface area contributed by atoms with Crippen LogP contribution in [-0.2, 0) is 10.0 Å². The predicted octanol–water partition coefficient (Wildman–Crippen LogP) is 1.95. The summed E-state index contributed by atoms with van der Waals surface area (Å²) in [6.45, 7) is 5.83. The van der Waals surface area contributed by atoms with E-state index < -0.39 is 10.0 Å². The largest absolute Gasteiger partial charge is 0.355 e. The van der Waals surface area contributed by atoms with Gasteiger partial charge in [-0.1, -0.05) is 6.07 Å². The van der Waals surface area contributed by atoms with E-state index in [1.165, 1.54) is 11.3 Å². The van der Waals surface area contributed by atoms with Crippen LogP contribution in [0.5, 0.6) is 0 Å². The van der Waals surface area contributed by atoms with Crippen LogP contribution in [0.2, 0.25) is 0 Å². The summed E-state index contributed by atoms with van der Waals surface area (Å²) in [5.41, 5.74) is 0. The molecular formula is C13H25IN4O2S3. The van der Waals surface area contributed by atoms with Gasteiger partial charge in [0, 0.05) is 31.4 Å². The fourth-order valence-corrected chi connectivity index (χ4v) is 3.73. The average molecular weight is 492 g/mol. The molecule has 10 heteroatoms. The van der Waals surface area contributed by atoms with Gasteiger partial charge < -0.3 is 10.6 Å². The van der Waals surface area contributed by atoms with Crippen LogP contribution in [0.15, 0.2) is 26.7 Å². The number of hydrogen-bond donors (Lipinski definition) is 3. The van der Waals surface area contributed by atoms with Crippen molar-refractivity contribution in [1.29, 1.82) is 0 Å². The Bertz CT molecular complexity index is 574.